The molecule has 0 spiro atoms. The van der Waals surface area contributed by atoms with Crippen LogP contribution in [0, 0.1) is 0 Å². The fraction of sp³-hybridized carbons (Fsp3) is 0.538. The second-order valence-electron chi connectivity index (χ2n) is 4.78. The Morgan fingerprint density at radius 1 is 1.43 bits per heavy atom. The van der Waals surface area contributed by atoms with E-state index in [0.29, 0.717) is 12.8 Å². The Morgan fingerprint density at radius 2 is 2.19 bits per heavy atom. The molecule has 1 aromatic heterocycles. The molecule has 1 atom stereocenters. The van der Waals surface area contributed by atoms with E-state index in [0.717, 1.165) is 15.9 Å². The van der Waals surface area contributed by atoms with Crippen molar-refractivity contribution in [1.29, 1.82) is 0 Å². The zero-order valence-corrected chi connectivity index (χ0v) is 11.7. The highest BCUT2D eigenvalue weighted by Gasteiger charge is 2.34. The summed E-state index contributed by atoms with van der Waals surface area (Å²) < 4.78 is 5.91. The number of aromatic nitrogens is 2. The van der Waals surface area contributed by atoms with Crippen LogP contribution in [0.25, 0.3) is 0 Å². The van der Waals surface area contributed by atoms with E-state index in [9.17, 15) is 19.2 Å². The van der Waals surface area contributed by atoms with Gasteiger partial charge in [0, 0.05) is 12.3 Å². The summed E-state index contributed by atoms with van der Waals surface area (Å²) in [6, 6.07) is 0.357. The Hall–Kier alpha value is -2.38. The van der Waals surface area contributed by atoms with Crippen LogP contribution in [0.15, 0.2) is 21.9 Å². The number of nitrogens with one attached hydrogen (secondary N) is 1. The van der Waals surface area contributed by atoms with Gasteiger partial charge < -0.3 is 4.74 Å². The summed E-state index contributed by atoms with van der Waals surface area (Å²) in [5, 5.41) is 0. The van der Waals surface area contributed by atoms with Gasteiger partial charge in [0.1, 0.15) is 12.6 Å². The number of hydrogen-bond acceptors (Lipinski definition) is 5. The number of H-pyrrole nitrogens is 1. The molecule has 2 rings (SSSR count). The van der Waals surface area contributed by atoms with E-state index in [1.54, 1.807) is 0 Å². The Bertz CT molecular complexity index is 648. The largest absolute Gasteiger partial charge is 0.447 e. The molecular formula is C13H17N3O5. The van der Waals surface area contributed by atoms with Gasteiger partial charge in [0.2, 0.25) is 0 Å². The van der Waals surface area contributed by atoms with Crippen molar-refractivity contribution in [2.45, 2.75) is 32.2 Å². The van der Waals surface area contributed by atoms with Crippen LogP contribution in [-0.4, -0.2) is 39.6 Å². The van der Waals surface area contributed by atoms with Crippen LogP contribution in [0.3, 0.4) is 0 Å². The van der Waals surface area contributed by atoms with Crippen LogP contribution in [0.2, 0.25) is 0 Å². The summed E-state index contributed by atoms with van der Waals surface area (Å²) in [5.41, 5.74) is -1.19. The number of aromatic amines is 1. The molecule has 0 bridgehead atoms. The van der Waals surface area contributed by atoms with Crippen molar-refractivity contribution in [3.8, 4) is 0 Å². The predicted octanol–water partition coefficient (Wildman–Crippen LogP) is 0.247. The molecule has 2 heterocycles. The number of unbranched alkanes of at least 4 members (excludes halogenated alkanes) is 1. The first-order valence-electron chi connectivity index (χ1n) is 6.84. The molecule has 0 saturated carbocycles. The topological polar surface area (TPSA) is 101 Å². The molecule has 114 valence electrons. The van der Waals surface area contributed by atoms with Crippen LogP contribution in [0.4, 0.5) is 4.79 Å². The molecule has 1 saturated heterocycles. The van der Waals surface area contributed by atoms with Gasteiger partial charge in [0.15, 0.2) is 0 Å². The van der Waals surface area contributed by atoms with E-state index >= 15 is 0 Å². The summed E-state index contributed by atoms with van der Waals surface area (Å²) >= 11 is 0. The molecule has 1 aromatic rings. The third-order valence-corrected chi connectivity index (χ3v) is 3.33. The number of carbonyl (C=O) groups is 2. The molecule has 2 amide bonds. The van der Waals surface area contributed by atoms with E-state index in [1.165, 1.54) is 12.3 Å². The maximum Gasteiger partial charge on any atom is 0.416 e. The molecule has 1 fully saturated rings. The number of hydrogen-bond donors (Lipinski definition) is 1. The van der Waals surface area contributed by atoms with E-state index in [-0.39, 0.29) is 13.2 Å². The molecule has 0 radical (unpaired) electrons. The summed E-state index contributed by atoms with van der Waals surface area (Å²) in [6.45, 7) is 2.30. The lowest BCUT2D eigenvalue weighted by molar-refractivity contribution is -0.131. The van der Waals surface area contributed by atoms with E-state index < -0.39 is 29.3 Å². The summed E-state index contributed by atoms with van der Waals surface area (Å²) in [5.74, 6) is -0.486. The minimum absolute atomic E-state index is 0.158. The zero-order chi connectivity index (χ0) is 15.4. The fourth-order valence-electron chi connectivity index (χ4n) is 2.23. The van der Waals surface area contributed by atoms with Crippen molar-refractivity contribution >= 4 is 12.0 Å². The van der Waals surface area contributed by atoms with Crippen LogP contribution in [0.5, 0.6) is 0 Å². The molecule has 1 aliphatic heterocycles. The number of imide groups is 1. The number of cyclic esters (lactones) is 1. The van der Waals surface area contributed by atoms with Crippen molar-refractivity contribution in [3.63, 3.8) is 0 Å². The summed E-state index contributed by atoms with van der Waals surface area (Å²) in [7, 11) is 0. The minimum atomic E-state index is -0.819. The first-order valence-corrected chi connectivity index (χ1v) is 6.84. The number of nitrogens with zero attached hydrogens (tertiary/aromatic N) is 2. The van der Waals surface area contributed by atoms with Gasteiger partial charge in [0.25, 0.3) is 11.5 Å². The van der Waals surface area contributed by atoms with Gasteiger partial charge in [-0.25, -0.2) is 14.5 Å². The highest BCUT2D eigenvalue weighted by molar-refractivity contribution is 5.95. The molecule has 0 aliphatic carbocycles. The molecule has 8 nitrogen and oxygen atoms in total. The van der Waals surface area contributed by atoms with Crippen molar-refractivity contribution in [2.75, 3.05) is 13.2 Å². The van der Waals surface area contributed by atoms with Crippen molar-refractivity contribution in [3.05, 3.63) is 33.1 Å². The number of carbonyl (C=O) groups excluding carboxylic acids is 2. The number of rotatable bonds is 5. The van der Waals surface area contributed by atoms with Gasteiger partial charge in [-0.05, 0) is 6.42 Å². The van der Waals surface area contributed by atoms with Gasteiger partial charge in [0.05, 0.1) is 6.54 Å². The maximum atomic E-state index is 12.5. The third kappa shape index (κ3) is 3.21. The monoisotopic (exact) mass is 295 g/mol. The molecule has 1 unspecified atom stereocenters. The van der Waals surface area contributed by atoms with Gasteiger partial charge in [-0.2, -0.15) is 0 Å². The maximum absolute atomic E-state index is 12.5. The average Bonchev–Trinajstić information content (AvgIpc) is 2.87. The Kier molecular flexibility index (Phi) is 4.56. The number of amides is 2. The molecule has 1 aliphatic rings. The van der Waals surface area contributed by atoms with Gasteiger partial charge in [-0.15, -0.1) is 0 Å². The van der Waals surface area contributed by atoms with Gasteiger partial charge in [-0.1, -0.05) is 19.8 Å². The quantitative estimate of drug-likeness (QED) is 0.838. The zero-order valence-electron chi connectivity index (χ0n) is 11.7. The van der Waals surface area contributed by atoms with Crippen LogP contribution in [0.1, 0.15) is 32.2 Å². The van der Waals surface area contributed by atoms with Crippen molar-refractivity contribution in [2.24, 2.45) is 0 Å². The Balaban J connectivity index is 2.33. The molecular weight excluding hydrogens is 278 g/mol. The van der Waals surface area contributed by atoms with Crippen LogP contribution < -0.4 is 11.2 Å². The lowest BCUT2D eigenvalue weighted by Gasteiger charge is -2.21. The molecule has 21 heavy (non-hydrogen) atoms. The predicted molar refractivity (Wildman–Crippen MR) is 72.9 cm³/mol. The average molecular weight is 295 g/mol. The fourth-order valence-corrected chi connectivity index (χ4v) is 2.23. The standard InChI is InChI=1S/C13H17N3O5/c1-2-3-4-9(11(18)16-7-8-21-13(16)20)15-6-5-10(17)14-12(15)19/h5-6,9H,2-4,7-8H2,1H3,(H,14,17,19). The van der Waals surface area contributed by atoms with Crippen LogP contribution >= 0.6 is 0 Å². The normalized spacial score (nSPS) is 15.9. The lowest BCUT2D eigenvalue weighted by atomic mass is 10.1. The highest BCUT2D eigenvalue weighted by Crippen LogP contribution is 2.18. The van der Waals surface area contributed by atoms with Crippen molar-refractivity contribution in [1.82, 2.24) is 14.5 Å². The summed E-state index contributed by atoms with van der Waals surface area (Å²) in [6.07, 6.45) is 2.54. The Morgan fingerprint density at radius 3 is 2.76 bits per heavy atom. The van der Waals surface area contributed by atoms with Gasteiger partial charge >= 0.3 is 11.8 Å². The van der Waals surface area contributed by atoms with E-state index in [4.69, 9.17) is 4.74 Å². The Labute approximate surface area is 120 Å². The van der Waals surface area contributed by atoms with E-state index in [1.807, 2.05) is 6.92 Å². The van der Waals surface area contributed by atoms with Crippen LogP contribution in [-0.2, 0) is 9.53 Å². The lowest BCUT2D eigenvalue weighted by Crippen LogP contribution is -2.42. The first kappa shape index (κ1) is 15.0. The van der Waals surface area contributed by atoms with E-state index in [2.05, 4.69) is 4.98 Å². The smallest absolute Gasteiger partial charge is 0.416 e. The molecule has 1 N–H and O–H groups in total. The second-order valence-corrected chi connectivity index (χ2v) is 4.78. The molecule has 0 aromatic carbocycles. The SMILES string of the molecule is CCCCC(C(=O)N1CCOC1=O)n1ccc(=O)[nH]c1=O. The van der Waals surface area contributed by atoms with Crippen molar-refractivity contribution < 1.29 is 14.3 Å². The highest BCUT2D eigenvalue weighted by atomic mass is 16.6. The molecule has 8 heteroatoms. The third-order valence-electron chi connectivity index (χ3n) is 3.33. The minimum Gasteiger partial charge on any atom is -0.447 e. The first-order chi connectivity index (χ1) is 10.0. The second kappa shape index (κ2) is 6.38. The number of ether oxygens (including phenoxy) is 1. The van der Waals surface area contributed by atoms with Gasteiger partial charge in [-0.3, -0.25) is 19.1 Å². The summed E-state index contributed by atoms with van der Waals surface area (Å²) in [4.78, 5) is 50.1.